The van der Waals surface area contributed by atoms with E-state index in [4.69, 9.17) is 10.5 Å². The maximum atomic E-state index is 12.3. The number of halogens is 2. The van der Waals surface area contributed by atoms with Gasteiger partial charge in [0.1, 0.15) is 0 Å². The number of piperidine rings is 1. The second kappa shape index (κ2) is 12.2. The number of likely N-dealkylation sites (tertiary alicyclic amines) is 1. The Morgan fingerprint density at radius 1 is 1.35 bits per heavy atom. The number of nitrogens with zero attached hydrogens (tertiary/aromatic N) is 1. The van der Waals surface area contributed by atoms with E-state index < -0.39 is 0 Å². The van der Waals surface area contributed by atoms with Gasteiger partial charge in [-0.25, -0.2) is 0 Å². The maximum absolute atomic E-state index is 12.3. The summed E-state index contributed by atoms with van der Waals surface area (Å²) in [6.45, 7) is 5.45. The van der Waals surface area contributed by atoms with Gasteiger partial charge in [-0.05, 0) is 55.5 Å². The van der Waals surface area contributed by atoms with Crippen LogP contribution in [-0.2, 0) is 16.1 Å². The van der Waals surface area contributed by atoms with Crippen LogP contribution in [0.4, 0.5) is 0 Å². The molecular formula is C18H31Cl2N3O2S. The minimum atomic E-state index is -0.389. The van der Waals surface area contributed by atoms with Crippen molar-refractivity contribution in [3.8, 4) is 0 Å². The molecule has 1 aromatic rings. The third-order valence-corrected chi connectivity index (χ3v) is 6.07. The lowest BCUT2D eigenvalue weighted by molar-refractivity contribution is -0.124. The summed E-state index contributed by atoms with van der Waals surface area (Å²) < 4.78 is 5.35. The van der Waals surface area contributed by atoms with Crippen LogP contribution in [0.5, 0.6) is 0 Å². The number of carbonyl (C=O) groups excluding carboxylic acids is 1. The summed E-state index contributed by atoms with van der Waals surface area (Å²) in [4.78, 5) is 16.3. The van der Waals surface area contributed by atoms with Gasteiger partial charge >= 0.3 is 0 Å². The second-order valence-electron chi connectivity index (χ2n) is 7.04. The Balaban J connectivity index is 0.00000169. The number of rotatable bonds is 6. The van der Waals surface area contributed by atoms with Gasteiger partial charge in [0.25, 0.3) is 0 Å². The summed E-state index contributed by atoms with van der Waals surface area (Å²) in [6.07, 6.45) is 4.19. The topological polar surface area (TPSA) is 67.6 Å². The van der Waals surface area contributed by atoms with Crippen LogP contribution in [0.3, 0.4) is 0 Å². The summed E-state index contributed by atoms with van der Waals surface area (Å²) >= 11 is 1.82. The summed E-state index contributed by atoms with van der Waals surface area (Å²) in [7, 11) is 0. The molecule has 0 aromatic carbocycles. The number of thiophene rings is 1. The molecule has 2 fully saturated rings. The highest BCUT2D eigenvalue weighted by Gasteiger charge is 2.27. The van der Waals surface area contributed by atoms with E-state index in [1.807, 2.05) is 11.3 Å². The number of nitrogens with two attached hydrogens (primary N) is 1. The molecule has 0 radical (unpaired) electrons. The van der Waals surface area contributed by atoms with E-state index >= 15 is 0 Å². The van der Waals surface area contributed by atoms with Gasteiger partial charge in [-0.1, -0.05) is 6.07 Å². The van der Waals surface area contributed by atoms with Crippen molar-refractivity contribution in [3.63, 3.8) is 0 Å². The molecule has 2 aliphatic heterocycles. The number of ether oxygens (including phenoxy) is 1. The van der Waals surface area contributed by atoms with Crippen molar-refractivity contribution >= 4 is 42.1 Å². The Bertz CT molecular complexity index is 513. The third kappa shape index (κ3) is 6.98. The Morgan fingerprint density at radius 2 is 2.12 bits per heavy atom. The van der Waals surface area contributed by atoms with Crippen molar-refractivity contribution in [1.29, 1.82) is 0 Å². The highest BCUT2D eigenvalue weighted by Crippen LogP contribution is 2.21. The Morgan fingerprint density at radius 3 is 2.81 bits per heavy atom. The first kappa shape index (κ1) is 23.7. The van der Waals surface area contributed by atoms with Gasteiger partial charge in [-0.15, -0.1) is 36.2 Å². The van der Waals surface area contributed by atoms with Gasteiger partial charge in [0.2, 0.25) is 5.91 Å². The summed E-state index contributed by atoms with van der Waals surface area (Å²) in [5, 5.41) is 5.23. The van der Waals surface area contributed by atoms with Crippen molar-refractivity contribution in [3.05, 3.63) is 22.4 Å². The minimum absolute atomic E-state index is 0. The van der Waals surface area contributed by atoms with Crippen molar-refractivity contribution in [2.45, 2.75) is 38.3 Å². The molecule has 26 heavy (non-hydrogen) atoms. The van der Waals surface area contributed by atoms with Gasteiger partial charge < -0.3 is 15.8 Å². The van der Waals surface area contributed by atoms with E-state index in [-0.39, 0.29) is 42.7 Å². The molecule has 0 aliphatic carbocycles. The van der Waals surface area contributed by atoms with E-state index in [1.165, 1.54) is 17.7 Å². The molecule has 1 amide bonds. The number of hydrogen-bond acceptors (Lipinski definition) is 5. The smallest absolute Gasteiger partial charge is 0.237 e. The molecule has 2 atom stereocenters. The van der Waals surface area contributed by atoms with Crippen LogP contribution in [0.1, 0.15) is 30.6 Å². The van der Waals surface area contributed by atoms with Crippen LogP contribution in [-0.4, -0.2) is 49.7 Å². The van der Waals surface area contributed by atoms with E-state index in [0.29, 0.717) is 5.92 Å². The molecule has 0 bridgehead atoms. The average molecular weight is 424 g/mol. The SMILES string of the molecule is Cl.Cl.NC(C(=O)NCC1CCCN(Cc2cccs2)C1)C1CCOCC1. The second-order valence-corrected chi connectivity index (χ2v) is 8.08. The monoisotopic (exact) mass is 423 g/mol. The minimum Gasteiger partial charge on any atom is -0.381 e. The standard InChI is InChI=1S/C18H29N3O2S.2ClH/c19-17(15-5-8-23-9-6-15)18(22)20-11-14-3-1-7-21(12-14)13-16-4-2-10-24-16;;/h2,4,10,14-15,17H,1,3,5-9,11-13,19H2,(H,20,22);2*1H. The maximum Gasteiger partial charge on any atom is 0.237 e. The molecule has 0 spiro atoms. The van der Waals surface area contributed by atoms with Crippen LogP contribution in [0.2, 0.25) is 0 Å². The first-order valence-electron chi connectivity index (χ1n) is 9.08. The largest absolute Gasteiger partial charge is 0.381 e. The fourth-order valence-corrected chi connectivity index (χ4v) is 4.48. The fourth-order valence-electron chi connectivity index (χ4n) is 3.74. The molecule has 1 aromatic heterocycles. The summed E-state index contributed by atoms with van der Waals surface area (Å²) in [6, 6.07) is 3.92. The Kier molecular flexibility index (Phi) is 11.1. The molecule has 150 valence electrons. The van der Waals surface area contributed by atoms with Crippen LogP contribution in [0, 0.1) is 11.8 Å². The lowest BCUT2D eigenvalue weighted by atomic mass is 9.91. The molecule has 2 unspecified atom stereocenters. The van der Waals surface area contributed by atoms with Gasteiger partial charge in [0.15, 0.2) is 0 Å². The predicted octanol–water partition coefficient (Wildman–Crippen LogP) is 2.67. The summed E-state index contributed by atoms with van der Waals surface area (Å²) in [5.41, 5.74) is 6.15. The van der Waals surface area contributed by atoms with E-state index in [2.05, 4.69) is 27.7 Å². The lowest BCUT2D eigenvalue weighted by Crippen LogP contribution is -2.49. The van der Waals surface area contributed by atoms with Gasteiger partial charge in [0, 0.05) is 37.7 Å². The Hall–Kier alpha value is -0.370. The highest BCUT2D eigenvalue weighted by atomic mass is 35.5. The number of nitrogens with one attached hydrogen (secondary N) is 1. The molecule has 3 rings (SSSR count). The molecule has 8 heteroatoms. The normalized spacial score (nSPS) is 22.7. The van der Waals surface area contributed by atoms with Crippen LogP contribution in [0.15, 0.2) is 17.5 Å². The molecule has 2 saturated heterocycles. The molecule has 5 nitrogen and oxygen atoms in total. The number of hydrogen-bond donors (Lipinski definition) is 2. The Labute approximate surface area is 172 Å². The summed E-state index contributed by atoms with van der Waals surface area (Å²) in [5.74, 6) is 0.808. The van der Waals surface area contributed by atoms with E-state index in [9.17, 15) is 4.79 Å². The zero-order chi connectivity index (χ0) is 16.8. The zero-order valence-electron chi connectivity index (χ0n) is 15.1. The zero-order valence-corrected chi connectivity index (χ0v) is 17.6. The van der Waals surface area contributed by atoms with Crippen LogP contribution < -0.4 is 11.1 Å². The number of carbonyl (C=O) groups is 1. The van der Waals surface area contributed by atoms with E-state index in [0.717, 1.165) is 52.2 Å². The molecule has 3 N–H and O–H groups in total. The van der Waals surface area contributed by atoms with Gasteiger partial charge in [-0.3, -0.25) is 9.69 Å². The first-order chi connectivity index (χ1) is 11.7. The molecular weight excluding hydrogens is 393 g/mol. The van der Waals surface area contributed by atoms with Gasteiger partial charge in [0.05, 0.1) is 6.04 Å². The average Bonchev–Trinajstić information content (AvgIpc) is 3.13. The van der Waals surface area contributed by atoms with E-state index in [1.54, 1.807) is 0 Å². The first-order valence-corrected chi connectivity index (χ1v) is 9.96. The lowest BCUT2D eigenvalue weighted by Gasteiger charge is -2.33. The van der Waals surface area contributed by atoms with Crippen molar-refractivity contribution in [2.24, 2.45) is 17.6 Å². The van der Waals surface area contributed by atoms with Crippen molar-refractivity contribution < 1.29 is 9.53 Å². The quantitative estimate of drug-likeness (QED) is 0.737. The molecule has 0 saturated carbocycles. The van der Waals surface area contributed by atoms with Gasteiger partial charge in [-0.2, -0.15) is 0 Å². The van der Waals surface area contributed by atoms with Crippen LogP contribution in [0.25, 0.3) is 0 Å². The molecule has 2 aliphatic rings. The molecule has 3 heterocycles. The van der Waals surface area contributed by atoms with Crippen molar-refractivity contribution in [1.82, 2.24) is 10.2 Å². The predicted molar refractivity (Wildman–Crippen MR) is 111 cm³/mol. The van der Waals surface area contributed by atoms with Crippen LogP contribution >= 0.6 is 36.2 Å². The van der Waals surface area contributed by atoms with Crippen molar-refractivity contribution in [2.75, 3.05) is 32.8 Å². The highest BCUT2D eigenvalue weighted by molar-refractivity contribution is 7.09. The number of amides is 1. The third-order valence-electron chi connectivity index (χ3n) is 5.20. The fraction of sp³-hybridized carbons (Fsp3) is 0.722.